The summed E-state index contributed by atoms with van der Waals surface area (Å²) in [7, 11) is 1.90. The zero-order chi connectivity index (χ0) is 14.4. The van der Waals surface area contributed by atoms with Gasteiger partial charge in [0, 0.05) is 32.6 Å². The quantitative estimate of drug-likeness (QED) is 0.800. The van der Waals surface area contributed by atoms with Crippen LogP contribution >= 0.6 is 0 Å². The van der Waals surface area contributed by atoms with Crippen LogP contribution in [0.25, 0.3) is 0 Å². The van der Waals surface area contributed by atoms with E-state index in [2.05, 4.69) is 39.3 Å². The van der Waals surface area contributed by atoms with E-state index in [4.69, 9.17) is 0 Å². The number of likely N-dealkylation sites (tertiary alicyclic amines) is 1. The summed E-state index contributed by atoms with van der Waals surface area (Å²) in [5, 5.41) is 6.60. The fourth-order valence-corrected chi connectivity index (χ4v) is 2.67. The topological polar surface area (TPSA) is 53.1 Å². The van der Waals surface area contributed by atoms with Crippen LogP contribution in [-0.2, 0) is 6.42 Å². The number of nitrogens with zero attached hydrogens (tertiary/aromatic N) is 3. The summed E-state index contributed by atoms with van der Waals surface area (Å²) in [4.78, 5) is 11.6. The highest BCUT2D eigenvalue weighted by Crippen LogP contribution is 2.17. The van der Waals surface area contributed by atoms with Crippen molar-refractivity contribution in [1.82, 2.24) is 14.9 Å². The highest BCUT2D eigenvalue weighted by molar-refractivity contribution is 5.47. The first-order chi connectivity index (χ1) is 9.75. The van der Waals surface area contributed by atoms with Gasteiger partial charge in [0.1, 0.15) is 17.5 Å². The van der Waals surface area contributed by atoms with Crippen molar-refractivity contribution in [2.75, 3.05) is 43.9 Å². The molecule has 1 atom stereocenters. The molecule has 0 bridgehead atoms. The van der Waals surface area contributed by atoms with Crippen molar-refractivity contribution in [3.05, 3.63) is 11.9 Å². The molecule has 20 heavy (non-hydrogen) atoms. The van der Waals surface area contributed by atoms with Gasteiger partial charge in [0.05, 0.1) is 0 Å². The molecule has 2 rings (SSSR count). The molecule has 0 aromatic carbocycles. The van der Waals surface area contributed by atoms with E-state index in [-0.39, 0.29) is 0 Å². The third-order valence-corrected chi connectivity index (χ3v) is 3.89. The highest BCUT2D eigenvalue weighted by Gasteiger charge is 2.20. The predicted molar refractivity (Wildman–Crippen MR) is 84.3 cm³/mol. The molecule has 0 aliphatic carbocycles. The Morgan fingerprint density at radius 3 is 2.75 bits per heavy atom. The van der Waals surface area contributed by atoms with E-state index in [0.717, 1.165) is 49.3 Å². The Labute approximate surface area is 122 Å². The van der Waals surface area contributed by atoms with E-state index in [1.54, 1.807) is 0 Å². The van der Waals surface area contributed by atoms with E-state index in [1.165, 1.54) is 19.5 Å². The highest BCUT2D eigenvalue weighted by atomic mass is 15.1. The maximum Gasteiger partial charge on any atom is 0.133 e. The van der Waals surface area contributed by atoms with Crippen molar-refractivity contribution in [1.29, 1.82) is 0 Å². The molecule has 1 aliphatic heterocycles. The van der Waals surface area contributed by atoms with Crippen LogP contribution in [0.1, 0.15) is 32.5 Å². The lowest BCUT2D eigenvalue weighted by atomic mass is 10.1. The maximum absolute atomic E-state index is 4.60. The molecule has 112 valence electrons. The Bertz CT molecular complexity index is 421. The molecule has 2 heterocycles. The average Bonchev–Trinajstić information content (AvgIpc) is 2.93. The molecular formula is C15H27N5. The minimum atomic E-state index is 0.734. The number of aromatic nitrogens is 2. The molecule has 1 saturated heterocycles. The molecule has 0 amide bonds. The van der Waals surface area contributed by atoms with Crippen LogP contribution in [0.4, 0.5) is 11.6 Å². The normalized spacial score (nSPS) is 19.2. The predicted octanol–water partition coefficient (Wildman–Crippen LogP) is 2.22. The third kappa shape index (κ3) is 4.07. The molecule has 1 fully saturated rings. The SMILES string of the molecule is CCCc1nc(NC)cc(NCC2CCN(CC)C2)n1. The van der Waals surface area contributed by atoms with Gasteiger partial charge in [-0.3, -0.25) is 0 Å². The zero-order valence-corrected chi connectivity index (χ0v) is 12.9. The van der Waals surface area contributed by atoms with E-state index in [1.807, 2.05) is 13.1 Å². The lowest BCUT2D eigenvalue weighted by Gasteiger charge is -2.15. The minimum absolute atomic E-state index is 0.734. The Kier molecular flexibility index (Phi) is 5.59. The molecule has 1 unspecified atom stereocenters. The van der Waals surface area contributed by atoms with Gasteiger partial charge in [-0.1, -0.05) is 13.8 Å². The van der Waals surface area contributed by atoms with Gasteiger partial charge < -0.3 is 15.5 Å². The van der Waals surface area contributed by atoms with Crippen molar-refractivity contribution in [3.63, 3.8) is 0 Å². The van der Waals surface area contributed by atoms with Gasteiger partial charge in [0.15, 0.2) is 0 Å². The van der Waals surface area contributed by atoms with E-state index < -0.39 is 0 Å². The number of hydrogen-bond acceptors (Lipinski definition) is 5. The fourth-order valence-electron chi connectivity index (χ4n) is 2.67. The summed E-state index contributed by atoms with van der Waals surface area (Å²) >= 11 is 0. The second-order valence-electron chi connectivity index (χ2n) is 5.48. The molecule has 1 aromatic heterocycles. The number of aryl methyl sites for hydroxylation is 1. The van der Waals surface area contributed by atoms with E-state index in [9.17, 15) is 0 Å². The van der Waals surface area contributed by atoms with Crippen molar-refractivity contribution < 1.29 is 0 Å². The summed E-state index contributed by atoms with van der Waals surface area (Å²) in [6.45, 7) is 8.98. The molecule has 0 saturated carbocycles. The van der Waals surface area contributed by atoms with Crippen molar-refractivity contribution in [2.24, 2.45) is 5.92 Å². The van der Waals surface area contributed by atoms with Gasteiger partial charge in [-0.05, 0) is 31.8 Å². The molecule has 0 radical (unpaired) electrons. The zero-order valence-electron chi connectivity index (χ0n) is 12.9. The third-order valence-electron chi connectivity index (χ3n) is 3.89. The lowest BCUT2D eigenvalue weighted by Crippen LogP contribution is -2.22. The standard InChI is InChI=1S/C15H27N5/c1-4-6-13-18-14(16-3)9-15(19-13)17-10-12-7-8-20(5-2)11-12/h9,12H,4-8,10-11H2,1-3H3,(H2,16,17,18,19). The first-order valence-corrected chi connectivity index (χ1v) is 7.77. The van der Waals surface area contributed by atoms with Crippen LogP contribution in [-0.4, -0.2) is 48.1 Å². The Morgan fingerprint density at radius 1 is 1.30 bits per heavy atom. The van der Waals surface area contributed by atoms with Crippen LogP contribution in [0.15, 0.2) is 6.07 Å². The van der Waals surface area contributed by atoms with Gasteiger partial charge in [0.2, 0.25) is 0 Å². The second-order valence-corrected chi connectivity index (χ2v) is 5.48. The van der Waals surface area contributed by atoms with Gasteiger partial charge in [-0.25, -0.2) is 9.97 Å². The molecular weight excluding hydrogens is 250 g/mol. The number of anilines is 2. The van der Waals surface area contributed by atoms with Crippen LogP contribution in [0.2, 0.25) is 0 Å². The maximum atomic E-state index is 4.60. The largest absolute Gasteiger partial charge is 0.373 e. The lowest BCUT2D eigenvalue weighted by molar-refractivity contribution is 0.345. The smallest absolute Gasteiger partial charge is 0.133 e. The van der Waals surface area contributed by atoms with E-state index in [0.29, 0.717) is 0 Å². The van der Waals surface area contributed by atoms with Gasteiger partial charge >= 0.3 is 0 Å². The summed E-state index contributed by atoms with van der Waals surface area (Å²) < 4.78 is 0. The summed E-state index contributed by atoms with van der Waals surface area (Å²) in [6.07, 6.45) is 3.28. The monoisotopic (exact) mass is 277 g/mol. The Hall–Kier alpha value is -1.36. The molecule has 1 aromatic rings. The Morgan fingerprint density at radius 2 is 2.10 bits per heavy atom. The minimum Gasteiger partial charge on any atom is -0.373 e. The molecule has 0 spiro atoms. The van der Waals surface area contributed by atoms with E-state index >= 15 is 0 Å². The first kappa shape index (κ1) is 15.0. The second kappa shape index (κ2) is 7.43. The summed E-state index contributed by atoms with van der Waals surface area (Å²) in [5.74, 6) is 3.50. The number of hydrogen-bond donors (Lipinski definition) is 2. The van der Waals surface area contributed by atoms with Crippen molar-refractivity contribution in [2.45, 2.75) is 33.1 Å². The molecule has 5 heteroatoms. The van der Waals surface area contributed by atoms with Crippen molar-refractivity contribution in [3.8, 4) is 0 Å². The first-order valence-electron chi connectivity index (χ1n) is 7.77. The van der Waals surface area contributed by atoms with Crippen LogP contribution in [0.3, 0.4) is 0 Å². The molecule has 2 N–H and O–H groups in total. The van der Waals surface area contributed by atoms with Crippen LogP contribution in [0.5, 0.6) is 0 Å². The number of nitrogens with one attached hydrogen (secondary N) is 2. The summed E-state index contributed by atoms with van der Waals surface area (Å²) in [6, 6.07) is 1.99. The van der Waals surface area contributed by atoms with Gasteiger partial charge in [-0.15, -0.1) is 0 Å². The Balaban J connectivity index is 1.93. The molecule has 1 aliphatic rings. The van der Waals surface area contributed by atoms with Crippen LogP contribution < -0.4 is 10.6 Å². The van der Waals surface area contributed by atoms with Crippen LogP contribution in [0, 0.1) is 5.92 Å². The van der Waals surface area contributed by atoms with Gasteiger partial charge in [0.25, 0.3) is 0 Å². The summed E-state index contributed by atoms with van der Waals surface area (Å²) in [5.41, 5.74) is 0. The molecule has 5 nitrogen and oxygen atoms in total. The van der Waals surface area contributed by atoms with Gasteiger partial charge in [-0.2, -0.15) is 0 Å². The average molecular weight is 277 g/mol. The fraction of sp³-hybridized carbons (Fsp3) is 0.733. The number of rotatable bonds is 7. The van der Waals surface area contributed by atoms with Crippen molar-refractivity contribution >= 4 is 11.6 Å².